The number of H-pyrrole nitrogens is 1. The first-order valence-corrected chi connectivity index (χ1v) is 17.0. The molecule has 266 valence electrons. The van der Waals surface area contributed by atoms with E-state index >= 15 is 4.39 Å². The van der Waals surface area contributed by atoms with E-state index in [0.29, 0.717) is 80.5 Å². The van der Waals surface area contributed by atoms with E-state index in [1.807, 2.05) is 7.05 Å². The van der Waals surface area contributed by atoms with E-state index < -0.39 is 23.5 Å². The van der Waals surface area contributed by atoms with E-state index in [4.69, 9.17) is 19.8 Å². The van der Waals surface area contributed by atoms with Crippen LogP contribution in [0.1, 0.15) is 55.7 Å². The number of rotatable bonds is 11. The first-order valence-electron chi connectivity index (χ1n) is 17.0. The van der Waals surface area contributed by atoms with Crippen LogP contribution in [0.2, 0.25) is 0 Å². The molecule has 5 heterocycles. The topological polar surface area (TPSA) is 124 Å². The average molecular weight is 697 g/mol. The molecule has 4 aromatic rings. The van der Waals surface area contributed by atoms with Crippen molar-refractivity contribution in [3.05, 3.63) is 47.7 Å². The summed E-state index contributed by atoms with van der Waals surface area (Å²) < 4.78 is 63.8. The summed E-state index contributed by atoms with van der Waals surface area (Å²) in [5, 5.41) is 9.08. The highest BCUT2D eigenvalue weighted by molar-refractivity contribution is 5.91. The molecule has 2 N–H and O–H groups in total. The molecule has 2 saturated carbocycles. The number of piperazine rings is 1. The molecule has 0 bridgehead atoms. The van der Waals surface area contributed by atoms with Gasteiger partial charge >= 0.3 is 12.1 Å². The van der Waals surface area contributed by atoms with Crippen LogP contribution in [0.5, 0.6) is 0 Å². The predicted molar refractivity (Wildman–Crippen MR) is 180 cm³/mol. The van der Waals surface area contributed by atoms with Gasteiger partial charge in [-0.25, -0.2) is 19.3 Å². The number of imidazole rings is 1. The average Bonchev–Trinajstić information content (AvgIpc) is 3.67. The summed E-state index contributed by atoms with van der Waals surface area (Å²) in [7, 11) is 3.63. The van der Waals surface area contributed by atoms with E-state index in [1.54, 1.807) is 23.0 Å². The number of methoxy groups -OCH3 is 1. The highest BCUT2D eigenvalue weighted by atomic mass is 19.4. The van der Waals surface area contributed by atoms with E-state index in [-0.39, 0.29) is 40.6 Å². The molecular weight excluding hydrogens is 656 g/mol. The molecule has 3 aliphatic rings. The van der Waals surface area contributed by atoms with Gasteiger partial charge in [0.2, 0.25) is 0 Å². The van der Waals surface area contributed by atoms with Crippen LogP contribution in [0, 0.1) is 11.2 Å². The Hall–Kier alpha value is -4.37. The summed E-state index contributed by atoms with van der Waals surface area (Å²) in [5.41, 5.74) is 1.68. The lowest BCUT2D eigenvalue weighted by Crippen LogP contribution is -2.48. The van der Waals surface area contributed by atoms with Crippen LogP contribution in [-0.2, 0) is 15.7 Å². The lowest BCUT2D eigenvalue weighted by atomic mass is 9.86. The van der Waals surface area contributed by atoms with Crippen molar-refractivity contribution in [1.29, 1.82) is 0 Å². The summed E-state index contributed by atoms with van der Waals surface area (Å²) in [6, 6.07) is 4.24. The van der Waals surface area contributed by atoms with E-state index in [0.717, 1.165) is 31.7 Å². The smallest absolute Gasteiger partial charge is 0.418 e. The molecule has 4 aromatic heterocycles. The molecule has 2 aliphatic carbocycles. The molecule has 0 amide bonds. The fourth-order valence-electron chi connectivity index (χ4n) is 7.55. The number of fused-ring (bicyclic) bond motifs is 1. The van der Waals surface area contributed by atoms with Gasteiger partial charge < -0.3 is 24.6 Å². The van der Waals surface area contributed by atoms with Gasteiger partial charge in [-0.15, -0.1) is 0 Å². The number of aromatic nitrogens is 5. The Morgan fingerprint density at radius 3 is 2.42 bits per heavy atom. The summed E-state index contributed by atoms with van der Waals surface area (Å²) in [6.45, 7) is 2.96. The van der Waals surface area contributed by atoms with Crippen LogP contribution in [0.4, 0.5) is 29.1 Å². The monoisotopic (exact) mass is 696 g/mol. The first kappa shape index (κ1) is 34.1. The molecule has 1 aliphatic heterocycles. The highest BCUT2D eigenvalue weighted by Gasteiger charge is 2.40. The zero-order valence-corrected chi connectivity index (χ0v) is 28.1. The number of hydrogen-bond acceptors (Lipinski definition) is 9. The number of carboxylic acids is 1. The largest absolute Gasteiger partial charge is 0.480 e. The molecule has 0 aromatic carbocycles. The van der Waals surface area contributed by atoms with Crippen LogP contribution >= 0.6 is 0 Å². The molecule has 0 spiro atoms. The predicted octanol–water partition coefficient (Wildman–Crippen LogP) is 5.97. The summed E-state index contributed by atoms with van der Waals surface area (Å²) in [6.07, 6.45) is 3.96. The summed E-state index contributed by atoms with van der Waals surface area (Å²) >= 11 is 0. The maximum Gasteiger partial charge on any atom is 0.418 e. The normalized spacial score (nSPS) is 18.2. The number of carboxylic acid groups (broad SMARTS) is 1. The van der Waals surface area contributed by atoms with Crippen LogP contribution in [0.15, 0.2) is 30.6 Å². The van der Waals surface area contributed by atoms with Crippen molar-refractivity contribution in [3.8, 4) is 22.6 Å². The fraction of sp³-hybridized carbons (Fsp3) is 0.514. The molecule has 1 saturated heterocycles. The molecule has 0 unspecified atom stereocenters. The number of alkyl halides is 3. The number of nitrogens with zero attached hydrogens (tertiary/aromatic N) is 7. The van der Waals surface area contributed by atoms with Gasteiger partial charge in [-0.3, -0.25) is 14.7 Å². The van der Waals surface area contributed by atoms with Gasteiger partial charge in [0.05, 0.1) is 35.8 Å². The van der Waals surface area contributed by atoms with Crippen LogP contribution in [-0.4, -0.2) is 101 Å². The SMILES string of the molecule is COCC1(CN(C)c2cc(-c3cnc(C4CC4)c(C(F)(F)F)c3)nc3nc(-c4cnc(N5CCN(CC(=O)O)CC5)c(F)c4)[nH]c23)CCCC1. The minimum atomic E-state index is -4.56. The Morgan fingerprint density at radius 1 is 1.06 bits per heavy atom. The molecule has 7 rings (SSSR count). The Kier molecular flexibility index (Phi) is 9.14. The van der Waals surface area contributed by atoms with Crippen molar-refractivity contribution >= 4 is 28.6 Å². The number of ether oxygens (including phenoxy) is 1. The minimum absolute atomic E-state index is 0.0686. The second kappa shape index (κ2) is 13.4. The van der Waals surface area contributed by atoms with Gasteiger partial charge in [0.15, 0.2) is 17.3 Å². The van der Waals surface area contributed by atoms with Gasteiger partial charge in [0, 0.05) is 81.7 Å². The summed E-state index contributed by atoms with van der Waals surface area (Å²) in [5.74, 6) is -1.16. The maximum absolute atomic E-state index is 15.6. The van der Waals surface area contributed by atoms with Crippen molar-refractivity contribution in [3.63, 3.8) is 0 Å². The second-order valence-electron chi connectivity index (χ2n) is 13.9. The number of aliphatic carboxylic acids is 1. The lowest BCUT2D eigenvalue weighted by molar-refractivity contribution is -0.139. The molecule has 0 radical (unpaired) electrons. The number of halogens is 4. The lowest BCUT2D eigenvalue weighted by Gasteiger charge is -2.34. The number of aromatic amines is 1. The van der Waals surface area contributed by atoms with Crippen LogP contribution < -0.4 is 9.80 Å². The molecule has 0 atom stereocenters. The van der Waals surface area contributed by atoms with Crippen molar-refractivity contribution in [2.75, 3.05) is 69.8 Å². The quantitative estimate of drug-likeness (QED) is 0.182. The van der Waals surface area contributed by atoms with Crippen LogP contribution in [0.3, 0.4) is 0 Å². The third kappa shape index (κ3) is 6.97. The highest BCUT2D eigenvalue weighted by Crippen LogP contribution is 2.46. The maximum atomic E-state index is 15.6. The molecule has 15 heteroatoms. The fourth-order valence-corrected chi connectivity index (χ4v) is 7.55. The Morgan fingerprint density at radius 2 is 1.78 bits per heavy atom. The number of carbonyl (C=O) groups is 1. The van der Waals surface area contributed by atoms with E-state index in [1.165, 1.54) is 18.5 Å². The van der Waals surface area contributed by atoms with Crippen molar-refractivity contribution in [2.45, 2.75) is 50.6 Å². The van der Waals surface area contributed by atoms with Gasteiger partial charge in [-0.05, 0) is 43.9 Å². The number of pyridine rings is 3. The molecule has 11 nitrogen and oxygen atoms in total. The summed E-state index contributed by atoms with van der Waals surface area (Å²) in [4.78, 5) is 38.1. The second-order valence-corrected chi connectivity index (χ2v) is 13.9. The third-order valence-corrected chi connectivity index (χ3v) is 10.1. The number of nitrogens with one attached hydrogen (secondary N) is 1. The number of anilines is 2. The van der Waals surface area contributed by atoms with Crippen molar-refractivity contribution in [1.82, 2.24) is 29.8 Å². The van der Waals surface area contributed by atoms with Crippen LogP contribution in [0.25, 0.3) is 33.8 Å². The van der Waals surface area contributed by atoms with Gasteiger partial charge in [0.25, 0.3) is 0 Å². The zero-order valence-electron chi connectivity index (χ0n) is 28.1. The van der Waals surface area contributed by atoms with Crippen molar-refractivity contribution < 1.29 is 32.2 Å². The standard InChI is InChI=1S/C35H40F4N8O3/c1-45(19-34(20-50-2)7-3-4-8-34)27-15-26(22-13-24(35(37,38)39)29(40-16-22)21-5-6-21)42-32-30(27)43-31(44-32)23-14-25(36)33(41-17-23)47-11-9-46(10-12-47)18-28(48)49/h13-17,21H,3-12,18-20H2,1-2H3,(H,48,49)(H,42,43,44). The first-order chi connectivity index (χ1) is 23.9. The molecule has 3 fully saturated rings. The Labute approximate surface area is 286 Å². The minimum Gasteiger partial charge on any atom is -0.480 e. The van der Waals surface area contributed by atoms with E-state index in [2.05, 4.69) is 19.9 Å². The number of hydrogen-bond donors (Lipinski definition) is 2. The molecule has 50 heavy (non-hydrogen) atoms. The van der Waals surface area contributed by atoms with Gasteiger partial charge in [-0.1, -0.05) is 12.8 Å². The van der Waals surface area contributed by atoms with Gasteiger partial charge in [0.1, 0.15) is 11.3 Å². The van der Waals surface area contributed by atoms with Crippen molar-refractivity contribution in [2.24, 2.45) is 5.41 Å². The molecular formula is C35H40F4N8O3. The van der Waals surface area contributed by atoms with Gasteiger partial charge in [-0.2, -0.15) is 13.2 Å². The zero-order chi connectivity index (χ0) is 35.2. The Bertz CT molecular complexity index is 1880. The van der Waals surface area contributed by atoms with E-state index in [9.17, 15) is 18.0 Å². The third-order valence-electron chi connectivity index (χ3n) is 10.1. The Balaban J connectivity index is 1.25.